The normalized spacial score (nSPS) is 16.5. The Morgan fingerprint density at radius 3 is 2.80 bits per heavy atom. The summed E-state index contributed by atoms with van der Waals surface area (Å²) < 4.78 is 0. The van der Waals surface area contributed by atoms with E-state index in [9.17, 15) is 14.4 Å². The highest BCUT2D eigenvalue weighted by atomic mass is 35.5. The fraction of sp³-hybridized carbons (Fsp3) is 0.471. The zero-order valence-electron chi connectivity index (χ0n) is 13.8. The number of nitrogens with one attached hydrogen (secondary N) is 2. The molecule has 1 aromatic rings. The van der Waals surface area contributed by atoms with Crippen LogP contribution in [0.2, 0.25) is 5.02 Å². The van der Waals surface area contributed by atoms with E-state index < -0.39 is 12.1 Å². The Hall–Kier alpha value is -2.28. The maximum absolute atomic E-state index is 12.0. The van der Waals surface area contributed by atoms with Crippen LogP contribution in [0.5, 0.6) is 0 Å². The Morgan fingerprint density at radius 2 is 2.08 bits per heavy atom. The average Bonchev–Trinajstić information content (AvgIpc) is 3.07. The largest absolute Gasteiger partial charge is 0.465 e. The molecule has 1 aliphatic heterocycles. The molecule has 1 atom stereocenters. The molecular weight excluding hydrogens is 346 g/mol. The Morgan fingerprint density at radius 1 is 1.28 bits per heavy atom. The van der Waals surface area contributed by atoms with Crippen LogP contribution in [0, 0.1) is 0 Å². The van der Waals surface area contributed by atoms with Gasteiger partial charge in [0.05, 0.1) is 0 Å². The Balaban J connectivity index is 1.63. The highest BCUT2D eigenvalue weighted by molar-refractivity contribution is 6.30. The molecule has 136 valence electrons. The summed E-state index contributed by atoms with van der Waals surface area (Å²) in [4.78, 5) is 36.0. The van der Waals surface area contributed by atoms with Crippen molar-refractivity contribution in [2.24, 2.45) is 0 Å². The summed E-state index contributed by atoms with van der Waals surface area (Å²) in [7, 11) is 0. The minimum absolute atomic E-state index is 0.109. The Labute approximate surface area is 151 Å². The molecule has 0 spiro atoms. The van der Waals surface area contributed by atoms with Gasteiger partial charge in [0.2, 0.25) is 11.8 Å². The highest BCUT2D eigenvalue weighted by Crippen LogP contribution is 2.17. The first-order chi connectivity index (χ1) is 12.0. The summed E-state index contributed by atoms with van der Waals surface area (Å²) in [6.45, 7) is 1.13. The second-order valence-electron chi connectivity index (χ2n) is 5.94. The number of likely N-dealkylation sites (tertiary alicyclic amines) is 1. The second kappa shape index (κ2) is 9.27. The number of rotatable bonds is 7. The number of halogens is 1. The predicted molar refractivity (Wildman–Crippen MR) is 93.3 cm³/mol. The molecule has 3 amide bonds. The summed E-state index contributed by atoms with van der Waals surface area (Å²) in [6, 6.07) is 6.64. The van der Waals surface area contributed by atoms with E-state index in [4.69, 9.17) is 16.7 Å². The van der Waals surface area contributed by atoms with Crippen molar-refractivity contribution >= 4 is 29.5 Å². The van der Waals surface area contributed by atoms with Crippen molar-refractivity contribution in [2.45, 2.75) is 38.3 Å². The van der Waals surface area contributed by atoms with Crippen LogP contribution in [0.4, 0.5) is 4.79 Å². The minimum atomic E-state index is -1.07. The molecule has 7 nitrogen and oxygen atoms in total. The van der Waals surface area contributed by atoms with E-state index in [1.165, 1.54) is 0 Å². The monoisotopic (exact) mass is 367 g/mol. The van der Waals surface area contributed by atoms with Gasteiger partial charge in [-0.1, -0.05) is 23.7 Å². The quantitative estimate of drug-likeness (QED) is 0.642. The molecule has 25 heavy (non-hydrogen) atoms. The first kappa shape index (κ1) is 19.1. The predicted octanol–water partition coefficient (Wildman–Crippen LogP) is 1.99. The summed E-state index contributed by atoms with van der Waals surface area (Å²) in [6.07, 6.45) is 0.938. The molecule has 0 bridgehead atoms. The smallest absolute Gasteiger partial charge is 0.407 e. The van der Waals surface area contributed by atoms with Crippen LogP contribution >= 0.6 is 11.6 Å². The Kier molecular flexibility index (Phi) is 7.06. The van der Waals surface area contributed by atoms with Crippen molar-refractivity contribution in [2.75, 3.05) is 13.1 Å². The number of carbonyl (C=O) groups excluding carboxylic acids is 2. The number of carboxylic acid groups (broad SMARTS) is 1. The number of nitrogens with zero attached hydrogens (tertiary/aromatic N) is 1. The van der Waals surface area contributed by atoms with Gasteiger partial charge in [-0.25, -0.2) is 4.79 Å². The van der Waals surface area contributed by atoms with Gasteiger partial charge in [0, 0.05) is 31.1 Å². The summed E-state index contributed by atoms with van der Waals surface area (Å²) >= 11 is 5.88. The molecule has 1 heterocycles. The fourth-order valence-electron chi connectivity index (χ4n) is 2.78. The number of amides is 3. The number of carbonyl (C=O) groups is 3. The average molecular weight is 368 g/mol. The molecule has 8 heteroatoms. The molecule has 1 fully saturated rings. The van der Waals surface area contributed by atoms with Gasteiger partial charge in [0.1, 0.15) is 6.04 Å². The minimum Gasteiger partial charge on any atom is -0.465 e. The van der Waals surface area contributed by atoms with Crippen molar-refractivity contribution in [1.29, 1.82) is 0 Å². The zero-order chi connectivity index (χ0) is 18.2. The molecule has 3 N–H and O–H groups in total. The zero-order valence-corrected chi connectivity index (χ0v) is 14.6. The van der Waals surface area contributed by atoms with E-state index in [2.05, 4.69) is 10.6 Å². The summed E-state index contributed by atoms with van der Waals surface area (Å²) in [5.74, 6) is -0.401. The van der Waals surface area contributed by atoms with Gasteiger partial charge in [-0.05, 0) is 37.0 Å². The lowest BCUT2D eigenvalue weighted by Crippen LogP contribution is -2.45. The van der Waals surface area contributed by atoms with Crippen LogP contribution in [-0.2, 0) is 16.1 Å². The lowest BCUT2D eigenvalue weighted by molar-refractivity contribution is -0.125. The SMILES string of the molecule is O=C(CCCNC(=O)C1CCCN1C(=O)O)NCc1cccc(Cl)c1. The molecule has 1 unspecified atom stereocenters. The summed E-state index contributed by atoms with van der Waals surface area (Å²) in [5, 5.41) is 15.2. The topological polar surface area (TPSA) is 98.7 Å². The third-order valence-corrected chi connectivity index (χ3v) is 4.29. The van der Waals surface area contributed by atoms with Gasteiger partial charge in [-0.15, -0.1) is 0 Å². The first-order valence-corrected chi connectivity index (χ1v) is 8.63. The number of hydrogen-bond acceptors (Lipinski definition) is 3. The van der Waals surface area contributed by atoms with Crippen LogP contribution in [0.25, 0.3) is 0 Å². The molecular formula is C17H22ClN3O4. The number of hydrogen-bond donors (Lipinski definition) is 3. The molecule has 1 aliphatic rings. The van der Waals surface area contributed by atoms with E-state index >= 15 is 0 Å². The van der Waals surface area contributed by atoms with Gasteiger partial charge in [-0.2, -0.15) is 0 Å². The fourth-order valence-corrected chi connectivity index (χ4v) is 3.00. The lowest BCUT2D eigenvalue weighted by Gasteiger charge is -2.20. The van der Waals surface area contributed by atoms with E-state index in [0.29, 0.717) is 43.9 Å². The maximum atomic E-state index is 12.0. The van der Waals surface area contributed by atoms with Gasteiger partial charge in [-0.3, -0.25) is 14.5 Å². The highest BCUT2D eigenvalue weighted by Gasteiger charge is 2.33. The molecule has 0 saturated carbocycles. The van der Waals surface area contributed by atoms with Crippen LogP contribution in [-0.4, -0.2) is 47.0 Å². The van der Waals surface area contributed by atoms with Crippen molar-refractivity contribution in [1.82, 2.24) is 15.5 Å². The van der Waals surface area contributed by atoms with Crippen LogP contribution in [0.15, 0.2) is 24.3 Å². The molecule has 1 aromatic carbocycles. The van der Waals surface area contributed by atoms with Gasteiger partial charge in [0.25, 0.3) is 0 Å². The van der Waals surface area contributed by atoms with Crippen molar-refractivity contribution < 1.29 is 19.5 Å². The first-order valence-electron chi connectivity index (χ1n) is 8.26. The number of benzene rings is 1. The van der Waals surface area contributed by atoms with Crippen LogP contribution in [0.1, 0.15) is 31.2 Å². The molecule has 0 radical (unpaired) electrons. The third-order valence-electron chi connectivity index (χ3n) is 4.06. The molecule has 1 saturated heterocycles. The third kappa shape index (κ3) is 5.94. The second-order valence-corrected chi connectivity index (χ2v) is 6.37. The van der Waals surface area contributed by atoms with E-state index in [1.54, 1.807) is 12.1 Å². The van der Waals surface area contributed by atoms with Crippen molar-refractivity contribution in [3.05, 3.63) is 34.9 Å². The van der Waals surface area contributed by atoms with Crippen molar-refractivity contribution in [3.63, 3.8) is 0 Å². The maximum Gasteiger partial charge on any atom is 0.407 e. The lowest BCUT2D eigenvalue weighted by atomic mass is 10.2. The van der Waals surface area contributed by atoms with Crippen molar-refractivity contribution in [3.8, 4) is 0 Å². The van der Waals surface area contributed by atoms with E-state index in [-0.39, 0.29) is 18.2 Å². The summed E-state index contributed by atoms with van der Waals surface area (Å²) in [5.41, 5.74) is 0.921. The van der Waals surface area contributed by atoms with E-state index in [0.717, 1.165) is 10.5 Å². The van der Waals surface area contributed by atoms with Gasteiger partial charge < -0.3 is 15.7 Å². The standard InChI is InChI=1S/C17H22ClN3O4/c18-13-5-1-4-12(10-13)11-20-15(22)7-2-8-19-16(23)14-6-3-9-21(14)17(24)25/h1,4-5,10,14H,2-3,6-9,11H2,(H,19,23)(H,20,22)(H,24,25). The molecule has 2 rings (SSSR count). The molecule has 0 aromatic heterocycles. The van der Waals surface area contributed by atoms with Gasteiger partial charge >= 0.3 is 6.09 Å². The van der Waals surface area contributed by atoms with E-state index in [1.807, 2.05) is 12.1 Å². The van der Waals surface area contributed by atoms with Gasteiger partial charge in [0.15, 0.2) is 0 Å². The van der Waals surface area contributed by atoms with Crippen LogP contribution < -0.4 is 10.6 Å². The molecule has 0 aliphatic carbocycles. The Bertz CT molecular complexity index is 638. The van der Waals surface area contributed by atoms with Crippen LogP contribution in [0.3, 0.4) is 0 Å².